The second-order valence-corrected chi connectivity index (χ2v) is 8.70. The third-order valence-corrected chi connectivity index (χ3v) is 6.50. The van der Waals surface area contributed by atoms with Gasteiger partial charge in [0.1, 0.15) is 6.61 Å². The van der Waals surface area contributed by atoms with Gasteiger partial charge in [-0.1, -0.05) is 30.3 Å². The first-order valence-electron chi connectivity index (χ1n) is 11.4. The molecule has 9 nitrogen and oxygen atoms in total. The van der Waals surface area contributed by atoms with Crippen molar-refractivity contribution in [3.63, 3.8) is 0 Å². The molecule has 1 aromatic carbocycles. The van der Waals surface area contributed by atoms with Crippen molar-refractivity contribution < 1.29 is 23.7 Å². The Bertz CT molecular complexity index is 1060. The van der Waals surface area contributed by atoms with Crippen LogP contribution in [-0.4, -0.2) is 54.3 Å². The Morgan fingerprint density at radius 2 is 2.00 bits per heavy atom. The second kappa shape index (κ2) is 9.17. The summed E-state index contributed by atoms with van der Waals surface area (Å²) < 4.78 is 24.8. The minimum Gasteiger partial charge on any atom is -0.482 e. The molecule has 33 heavy (non-hydrogen) atoms. The molecule has 176 valence electrons. The number of fused-ring (bicyclic) bond motifs is 1. The topological polar surface area (TPSA) is 91.3 Å². The van der Waals surface area contributed by atoms with Crippen molar-refractivity contribution >= 4 is 5.91 Å². The summed E-state index contributed by atoms with van der Waals surface area (Å²) in [5.74, 6) is -0.273. The van der Waals surface area contributed by atoms with E-state index in [1.165, 1.54) is 6.07 Å². The number of hydrogen-bond acceptors (Lipinski definition) is 7. The normalized spacial score (nSPS) is 24.6. The summed E-state index contributed by atoms with van der Waals surface area (Å²) in [6.45, 7) is 1.87. The zero-order valence-corrected chi connectivity index (χ0v) is 18.7. The summed E-state index contributed by atoms with van der Waals surface area (Å²) >= 11 is 0. The highest BCUT2D eigenvalue weighted by Gasteiger charge is 2.47. The van der Waals surface area contributed by atoms with E-state index in [1.54, 1.807) is 16.6 Å². The Hall–Kier alpha value is -2.88. The molecule has 2 atom stereocenters. The summed E-state index contributed by atoms with van der Waals surface area (Å²) in [5.41, 5.74) is 4.00. The lowest BCUT2D eigenvalue weighted by Gasteiger charge is -2.45. The predicted molar refractivity (Wildman–Crippen MR) is 119 cm³/mol. The fourth-order valence-corrected chi connectivity index (χ4v) is 4.50. The zero-order chi connectivity index (χ0) is 22.8. The number of ether oxygens (including phenoxy) is 4. The number of benzene rings is 1. The highest BCUT2D eigenvalue weighted by molar-refractivity contribution is 5.97. The SMILES string of the molecule is CN1C(=O)c2c(OCc3ccccc3)c(=O)cc(COC3CCCCO3)n2NC12CCOC2. The van der Waals surface area contributed by atoms with Crippen molar-refractivity contribution in [1.29, 1.82) is 0 Å². The van der Waals surface area contributed by atoms with Crippen LogP contribution in [0.4, 0.5) is 0 Å². The molecular weight excluding hydrogens is 426 g/mol. The molecule has 0 saturated carbocycles. The van der Waals surface area contributed by atoms with Gasteiger partial charge >= 0.3 is 0 Å². The molecule has 5 rings (SSSR count). The molecule has 2 saturated heterocycles. The Morgan fingerprint density at radius 1 is 1.15 bits per heavy atom. The average molecular weight is 456 g/mol. The fraction of sp³-hybridized carbons (Fsp3) is 0.500. The van der Waals surface area contributed by atoms with Gasteiger partial charge in [0.05, 0.1) is 25.5 Å². The van der Waals surface area contributed by atoms with Gasteiger partial charge in [0.15, 0.2) is 23.4 Å². The van der Waals surface area contributed by atoms with E-state index in [1.807, 2.05) is 30.3 Å². The van der Waals surface area contributed by atoms with E-state index in [-0.39, 0.29) is 42.3 Å². The van der Waals surface area contributed by atoms with Crippen LogP contribution in [0.2, 0.25) is 0 Å². The van der Waals surface area contributed by atoms with Crippen LogP contribution in [0.1, 0.15) is 47.4 Å². The summed E-state index contributed by atoms with van der Waals surface area (Å²) in [6.07, 6.45) is 3.18. The summed E-state index contributed by atoms with van der Waals surface area (Å²) in [5, 5.41) is 0. The van der Waals surface area contributed by atoms with Crippen molar-refractivity contribution in [3.05, 3.63) is 63.6 Å². The maximum absolute atomic E-state index is 13.5. The van der Waals surface area contributed by atoms with Crippen LogP contribution in [0, 0.1) is 0 Å². The Kier molecular flexibility index (Phi) is 6.09. The van der Waals surface area contributed by atoms with Gasteiger partial charge in [-0.05, 0) is 24.8 Å². The number of nitrogens with one attached hydrogen (secondary N) is 1. The van der Waals surface area contributed by atoms with Crippen LogP contribution in [0.25, 0.3) is 0 Å². The van der Waals surface area contributed by atoms with E-state index in [4.69, 9.17) is 18.9 Å². The number of rotatable bonds is 6. The first-order chi connectivity index (χ1) is 16.1. The Morgan fingerprint density at radius 3 is 2.73 bits per heavy atom. The van der Waals surface area contributed by atoms with Crippen LogP contribution in [0.5, 0.6) is 5.75 Å². The number of carbonyl (C=O) groups is 1. The smallest absolute Gasteiger partial charge is 0.278 e. The maximum atomic E-state index is 13.5. The highest BCUT2D eigenvalue weighted by Crippen LogP contribution is 2.32. The number of nitrogens with zero attached hydrogens (tertiary/aromatic N) is 2. The predicted octanol–water partition coefficient (Wildman–Crippen LogP) is 2.22. The molecule has 3 aliphatic rings. The Balaban J connectivity index is 1.50. The number of amides is 1. The van der Waals surface area contributed by atoms with Gasteiger partial charge in [-0.2, -0.15) is 0 Å². The van der Waals surface area contributed by atoms with Gasteiger partial charge in [-0.25, -0.2) is 0 Å². The monoisotopic (exact) mass is 455 g/mol. The van der Waals surface area contributed by atoms with Crippen molar-refractivity contribution in [2.45, 2.75) is 50.8 Å². The van der Waals surface area contributed by atoms with E-state index >= 15 is 0 Å². The number of pyridine rings is 1. The fourth-order valence-electron chi connectivity index (χ4n) is 4.50. The van der Waals surface area contributed by atoms with Crippen molar-refractivity contribution in [2.24, 2.45) is 0 Å². The van der Waals surface area contributed by atoms with E-state index in [9.17, 15) is 9.59 Å². The highest BCUT2D eigenvalue weighted by atomic mass is 16.7. The lowest BCUT2D eigenvalue weighted by atomic mass is 10.1. The molecule has 1 amide bonds. The molecule has 2 fully saturated rings. The lowest BCUT2D eigenvalue weighted by Crippen LogP contribution is -2.63. The van der Waals surface area contributed by atoms with Crippen LogP contribution in [0.15, 0.2) is 41.2 Å². The number of carbonyl (C=O) groups excluding carboxylic acids is 1. The molecule has 2 aromatic rings. The van der Waals surface area contributed by atoms with E-state index < -0.39 is 5.66 Å². The molecule has 0 bridgehead atoms. The molecule has 1 N–H and O–H groups in total. The second-order valence-electron chi connectivity index (χ2n) is 8.70. The standard InChI is InChI=1S/C24H29N3O6/c1-26-23(29)21-22(33-14-17-7-3-2-4-8-17)19(28)13-18(15-32-20-9-5-6-11-31-20)27(21)25-24(26)10-12-30-16-24/h2-4,7-8,13,20,25H,5-6,9-12,14-16H2,1H3. The molecule has 0 radical (unpaired) electrons. The first-order valence-corrected chi connectivity index (χ1v) is 11.4. The van der Waals surface area contributed by atoms with Crippen LogP contribution >= 0.6 is 0 Å². The van der Waals surface area contributed by atoms with Gasteiger partial charge in [-0.15, -0.1) is 0 Å². The van der Waals surface area contributed by atoms with Crippen molar-refractivity contribution in [1.82, 2.24) is 9.58 Å². The molecule has 0 aliphatic carbocycles. The van der Waals surface area contributed by atoms with Gasteiger partial charge in [0.2, 0.25) is 5.43 Å². The largest absolute Gasteiger partial charge is 0.482 e. The van der Waals surface area contributed by atoms with Crippen LogP contribution in [0.3, 0.4) is 0 Å². The minimum atomic E-state index is -0.689. The van der Waals surface area contributed by atoms with Crippen LogP contribution in [-0.2, 0) is 27.4 Å². The first kappa shape index (κ1) is 21.9. The van der Waals surface area contributed by atoms with Crippen LogP contribution < -0.4 is 15.6 Å². The average Bonchev–Trinajstić information content (AvgIpc) is 3.32. The van der Waals surface area contributed by atoms with Gasteiger partial charge in [0, 0.05) is 26.1 Å². The molecule has 1 spiro atoms. The Labute approximate surface area is 192 Å². The van der Waals surface area contributed by atoms with Crippen molar-refractivity contribution in [3.8, 4) is 5.75 Å². The molecule has 2 unspecified atom stereocenters. The van der Waals surface area contributed by atoms with E-state index in [0.717, 1.165) is 24.8 Å². The number of hydrogen-bond donors (Lipinski definition) is 1. The van der Waals surface area contributed by atoms with Crippen molar-refractivity contribution in [2.75, 3.05) is 32.3 Å². The molecule has 3 aliphatic heterocycles. The van der Waals surface area contributed by atoms with E-state index in [0.29, 0.717) is 31.9 Å². The van der Waals surface area contributed by atoms with Gasteiger partial charge < -0.3 is 23.8 Å². The number of aromatic nitrogens is 1. The van der Waals surface area contributed by atoms with E-state index in [2.05, 4.69) is 5.43 Å². The molecule has 9 heteroatoms. The molecule has 4 heterocycles. The zero-order valence-electron chi connectivity index (χ0n) is 18.7. The summed E-state index contributed by atoms with van der Waals surface area (Å²) in [7, 11) is 1.72. The minimum absolute atomic E-state index is 0.0228. The third kappa shape index (κ3) is 4.23. The number of likely N-dealkylation sites (N-methyl/N-ethyl adjacent to an activating group) is 1. The quantitative estimate of drug-likeness (QED) is 0.714. The van der Waals surface area contributed by atoms with Gasteiger partial charge in [-0.3, -0.25) is 19.7 Å². The molecule has 1 aromatic heterocycles. The maximum Gasteiger partial charge on any atom is 0.278 e. The van der Waals surface area contributed by atoms with Gasteiger partial charge in [0.25, 0.3) is 5.91 Å². The summed E-state index contributed by atoms with van der Waals surface area (Å²) in [4.78, 5) is 28.3. The molecular formula is C24H29N3O6. The summed E-state index contributed by atoms with van der Waals surface area (Å²) in [6, 6.07) is 11.0. The third-order valence-electron chi connectivity index (χ3n) is 6.50. The lowest BCUT2D eigenvalue weighted by molar-refractivity contribution is -0.169.